The van der Waals surface area contributed by atoms with Crippen LogP contribution in [0, 0.1) is 0 Å². The van der Waals surface area contributed by atoms with E-state index < -0.39 is 18.0 Å². The van der Waals surface area contributed by atoms with E-state index in [0.717, 1.165) is 32.5 Å². The average Bonchev–Trinajstić information content (AvgIpc) is 2.43. The van der Waals surface area contributed by atoms with Crippen molar-refractivity contribution in [3.63, 3.8) is 0 Å². The summed E-state index contributed by atoms with van der Waals surface area (Å²) in [7, 11) is 1.39. The lowest BCUT2D eigenvalue weighted by atomic mass is 10.2. The number of carboxylic acid groups (broad SMARTS) is 1. The van der Waals surface area contributed by atoms with Gasteiger partial charge in [-0.1, -0.05) is 13.8 Å². The third-order valence-electron chi connectivity index (χ3n) is 3.32. The second-order valence-corrected chi connectivity index (χ2v) is 5.03. The second kappa shape index (κ2) is 11.3. The Hall–Kier alpha value is -1.34. The van der Waals surface area contributed by atoms with Gasteiger partial charge in [-0.25, -0.2) is 9.59 Å². The van der Waals surface area contributed by atoms with Crippen LogP contribution in [0.5, 0.6) is 0 Å². The number of aliphatic carboxylic acids is 1. The molecule has 21 heavy (non-hydrogen) atoms. The molecule has 2 atom stereocenters. The minimum absolute atomic E-state index is 0.00227. The fourth-order valence-corrected chi connectivity index (χ4v) is 2.00. The summed E-state index contributed by atoms with van der Waals surface area (Å²) in [4.78, 5) is 24.9. The molecule has 7 nitrogen and oxygen atoms in total. The standard InChI is InChI=1S/C14H29N3O4/c1-5-17(6-2)9-7-8-11(3)15-14(20)16-12(10-21-4)13(18)19/h11-12H,5-10H2,1-4H3,(H,18,19)(H2,15,16,20). The molecule has 0 bridgehead atoms. The molecule has 7 heteroatoms. The lowest BCUT2D eigenvalue weighted by Crippen LogP contribution is -2.50. The van der Waals surface area contributed by atoms with Crippen molar-refractivity contribution < 1.29 is 19.4 Å². The van der Waals surface area contributed by atoms with Crippen LogP contribution in [-0.2, 0) is 9.53 Å². The molecule has 0 aliphatic rings. The minimum Gasteiger partial charge on any atom is -0.480 e. The number of carbonyl (C=O) groups excluding carboxylic acids is 1. The molecule has 0 rings (SSSR count). The number of carboxylic acids is 1. The van der Waals surface area contributed by atoms with Crippen LogP contribution in [0.1, 0.15) is 33.6 Å². The molecule has 0 radical (unpaired) electrons. The lowest BCUT2D eigenvalue weighted by molar-refractivity contribution is -0.140. The van der Waals surface area contributed by atoms with Crippen LogP contribution >= 0.6 is 0 Å². The van der Waals surface area contributed by atoms with E-state index in [9.17, 15) is 9.59 Å². The summed E-state index contributed by atoms with van der Waals surface area (Å²) >= 11 is 0. The third-order valence-corrected chi connectivity index (χ3v) is 3.32. The second-order valence-electron chi connectivity index (χ2n) is 5.03. The van der Waals surface area contributed by atoms with Gasteiger partial charge in [0.25, 0.3) is 0 Å². The summed E-state index contributed by atoms with van der Waals surface area (Å²) in [5.41, 5.74) is 0. The monoisotopic (exact) mass is 303 g/mol. The molecule has 0 aromatic rings. The number of rotatable bonds is 11. The maximum atomic E-state index is 11.7. The average molecular weight is 303 g/mol. The van der Waals surface area contributed by atoms with Crippen molar-refractivity contribution in [3.8, 4) is 0 Å². The Morgan fingerprint density at radius 1 is 1.24 bits per heavy atom. The van der Waals surface area contributed by atoms with E-state index in [4.69, 9.17) is 9.84 Å². The Morgan fingerprint density at radius 3 is 2.33 bits per heavy atom. The zero-order valence-electron chi connectivity index (χ0n) is 13.5. The summed E-state index contributed by atoms with van der Waals surface area (Å²) in [5, 5.41) is 14.0. The van der Waals surface area contributed by atoms with Crippen molar-refractivity contribution >= 4 is 12.0 Å². The number of nitrogens with one attached hydrogen (secondary N) is 2. The van der Waals surface area contributed by atoms with Gasteiger partial charge in [-0.15, -0.1) is 0 Å². The summed E-state index contributed by atoms with van der Waals surface area (Å²) in [6, 6.07) is -1.51. The highest BCUT2D eigenvalue weighted by molar-refractivity contribution is 5.82. The summed E-state index contributed by atoms with van der Waals surface area (Å²) in [5.74, 6) is -1.11. The summed E-state index contributed by atoms with van der Waals surface area (Å²) in [6.45, 7) is 9.15. The fourth-order valence-electron chi connectivity index (χ4n) is 2.00. The van der Waals surface area contributed by atoms with Crippen molar-refractivity contribution in [2.24, 2.45) is 0 Å². The number of urea groups is 1. The Labute approximate surface area is 127 Å². The highest BCUT2D eigenvalue weighted by Gasteiger charge is 2.20. The first-order valence-electron chi connectivity index (χ1n) is 7.45. The normalized spacial score (nSPS) is 13.8. The van der Waals surface area contributed by atoms with Crippen molar-refractivity contribution in [2.75, 3.05) is 33.4 Å². The summed E-state index contributed by atoms with van der Waals surface area (Å²) < 4.78 is 4.76. The number of carbonyl (C=O) groups is 2. The number of nitrogens with zero attached hydrogens (tertiary/aromatic N) is 1. The lowest BCUT2D eigenvalue weighted by Gasteiger charge is -2.20. The van der Waals surface area contributed by atoms with E-state index in [1.54, 1.807) is 0 Å². The molecular weight excluding hydrogens is 274 g/mol. The predicted octanol–water partition coefficient (Wildman–Crippen LogP) is 0.896. The van der Waals surface area contributed by atoms with Gasteiger partial charge in [0.15, 0.2) is 6.04 Å². The first-order chi connectivity index (χ1) is 9.94. The van der Waals surface area contributed by atoms with E-state index in [1.807, 2.05) is 6.92 Å². The SMILES string of the molecule is CCN(CC)CCCC(C)NC(=O)NC(COC)C(=O)O. The van der Waals surface area contributed by atoms with Crippen LogP contribution in [0.25, 0.3) is 0 Å². The molecular formula is C14H29N3O4. The molecule has 0 saturated heterocycles. The molecule has 0 heterocycles. The molecule has 0 spiro atoms. The first kappa shape index (κ1) is 19.7. The van der Waals surface area contributed by atoms with Crippen LogP contribution in [0.4, 0.5) is 4.79 Å². The summed E-state index contributed by atoms with van der Waals surface area (Å²) in [6.07, 6.45) is 1.84. The Bertz CT molecular complexity index is 309. The molecule has 0 saturated carbocycles. The number of hydrogen-bond acceptors (Lipinski definition) is 4. The molecule has 0 aromatic carbocycles. The van der Waals surface area contributed by atoms with Crippen molar-refractivity contribution in [1.29, 1.82) is 0 Å². The van der Waals surface area contributed by atoms with Gasteiger partial charge in [-0.3, -0.25) is 0 Å². The van der Waals surface area contributed by atoms with Crippen molar-refractivity contribution in [2.45, 2.75) is 45.7 Å². The van der Waals surface area contributed by atoms with Gasteiger partial charge in [-0.05, 0) is 39.4 Å². The van der Waals surface area contributed by atoms with Gasteiger partial charge in [0.05, 0.1) is 6.61 Å². The highest BCUT2D eigenvalue weighted by Crippen LogP contribution is 1.99. The predicted molar refractivity (Wildman–Crippen MR) is 81.5 cm³/mol. The molecule has 0 aliphatic carbocycles. The topological polar surface area (TPSA) is 90.9 Å². The van der Waals surface area contributed by atoms with E-state index in [0.29, 0.717) is 0 Å². The first-order valence-corrected chi connectivity index (χ1v) is 7.45. The quantitative estimate of drug-likeness (QED) is 0.527. The largest absolute Gasteiger partial charge is 0.480 e. The number of ether oxygens (including phenoxy) is 1. The van der Waals surface area contributed by atoms with Crippen molar-refractivity contribution in [1.82, 2.24) is 15.5 Å². The number of methoxy groups -OCH3 is 1. The van der Waals surface area contributed by atoms with Crippen molar-refractivity contribution in [3.05, 3.63) is 0 Å². The molecule has 0 aliphatic heterocycles. The Kier molecular flexibility index (Phi) is 10.6. The molecule has 0 aromatic heterocycles. The smallest absolute Gasteiger partial charge is 0.328 e. The maximum Gasteiger partial charge on any atom is 0.328 e. The van der Waals surface area contributed by atoms with E-state index in [1.165, 1.54) is 7.11 Å². The molecule has 2 unspecified atom stereocenters. The van der Waals surface area contributed by atoms with Gasteiger partial charge in [0.1, 0.15) is 0 Å². The van der Waals surface area contributed by atoms with Crippen LogP contribution in [-0.4, -0.2) is 67.4 Å². The third kappa shape index (κ3) is 9.25. The van der Waals surface area contributed by atoms with E-state index in [2.05, 4.69) is 29.4 Å². The van der Waals surface area contributed by atoms with Crippen LogP contribution < -0.4 is 10.6 Å². The number of hydrogen-bond donors (Lipinski definition) is 3. The van der Waals surface area contributed by atoms with Crippen LogP contribution in [0.15, 0.2) is 0 Å². The van der Waals surface area contributed by atoms with E-state index in [-0.39, 0.29) is 12.6 Å². The molecule has 0 fully saturated rings. The van der Waals surface area contributed by atoms with Gasteiger partial charge in [0, 0.05) is 13.2 Å². The molecule has 3 N–H and O–H groups in total. The zero-order valence-corrected chi connectivity index (χ0v) is 13.5. The maximum absolute atomic E-state index is 11.7. The number of amides is 2. The van der Waals surface area contributed by atoms with Gasteiger partial charge in [0.2, 0.25) is 0 Å². The Morgan fingerprint density at radius 2 is 1.86 bits per heavy atom. The van der Waals surface area contributed by atoms with Gasteiger partial charge >= 0.3 is 12.0 Å². The molecule has 124 valence electrons. The van der Waals surface area contributed by atoms with Crippen LogP contribution in [0.2, 0.25) is 0 Å². The van der Waals surface area contributed by atoms with E-state index >= 15 is 0 Å². The zero-order chi connectivity index (χ0) is 16.3. The fraction of sp³-hybridized carbons (Fsp3) is 0.857. The Balaban J connectivity index is 4.00. The molecule has 2 amide bonds. The minimum atomic E-state index is -1.11. The van der Waals surface area contributed by atoms with Crippen LogP contribution in [0.3, 0.4) is 0 Å². The highest BCUT2D eigenvalue weighted by atomic mass is 16.5. The van der Waals surface area contributed by atoms with Gasteiger partial charge < -0.3 is 25.4 Å². The van der Waals surface area contributed by atoms with Gasteiger partial charge in [-0.2, -0.15) is 0 Å².